The molecule has 0 saturated carbocycles. The minimum absolute atomic E-state index is 0.198. The topological polar surface area (TPSA) is 94.3 Å². The van der Waals surface area contributed by atoms with E-state index in [0.29, 0.717) is 10.8 Å². The van der Waals surface area contributed by atoms with Gasteiger partial charge in [0.2, 0.25) is 5.91 Å². The van der Waals surface area contributed by atoms with Gasteiger partial charge in [-0.05, 0) is 31.1 Å². The highest BCUT2D eigenvalue weighted by molar-refractivity contribution is 7.14. The van der Waals surface area contributed by atoms with Crippen LogP contribution in [0.3, 0.4) is 0 Å². The van der Waals surface area contributed by atoms with Crippen molar-refractivity contribution in [2.45, 2.75) is 20.8 Å². The second kappa shape index (κ2) is 7.06. The van der Waals surface area contributed by atoms with Crippen molar-refractivity contribution in [3.8, 4) is 6.07 Å². The van der Waals surface area contributed by atoms with Gasteiger partial charge >= 0.3 is 5.97 Å². The number of aryl methyl sites for hydroxylation is 2. The van der Waals surface area contributed by atoms with Crippen LogP contribution in [0.4, 0.5) is 10.8 Å². The summed E-state index contributed by atoms with van der Waals surface area (Å²) in [6, 6.07) is 7.33. The average molecular weight is 341 g/mol. The van der Waals surface area contributed by atoms with E-state index < -0.39 is 11.5 Å². The smallest absolute Gasteiger partial charge is 0.346 e. The Labute approximate surface area is 143 Å². The first-order chi connectivity index (χ1) is 11.3. The fourth-order valence-corrected chi connectivity index (χ4v) is 3.11. The Morgan fingerprint density at radius 1 is 1.33 bits per heavy atom. The largest absolute Gasteiger partial charge is 0.477 e. The van der Waals surface area contributed by atoms with Gasteiger partial charge in [0.1, 0.15) is 11.6 Å². The maximum atomic E-state index is 12.2. The third kappa shape index (κ3) is 3.50. The Hall–Kier alpha value is -2.98. The number of hydrogen-bond acceptors (Lipinski definition) is 5. The molecule has 7 heteroatoms. The van der Waals surface area contributed by atoms with E-state index in [0.717, 1.165) is 16.8 Å². The predicted octanol–water partition coefficient (Wildman–Crippen LogP) is 3.44. The summed E-state index contributed by atoms with van der Waals surface area (Å²) < 4.78 is 0. The number of amides is 1. The van der Waals surface area contributed by atoms with Crippen molar-refractivity contribution in [2.75, 3.05) is 4.90 Å². The molecule has 0 aliphatic rings. The van der Waals surface area contributed by atoms with E-state index in [1.165, 1.54) is 29.2 Å². The number of nitriles is 1. The number of carboxylic acid groups (broad SMARTS) is 1. The van der Waals surface area contributed by atoms with Crippen molar-refractivity contribution in [2.24, 2.45) is 0 Å². The fraction of sp³-hybridized carbons (Fsp3) is 0.176. The van der Waals surface area contributed by atoms with Crippen LogP contribution in [-0.2, 0) is 9.59 Å². The van der Waals surface area contributed by atoms with Gasteiger partial charge < -0.3 is 5.11 Å². The standard InChI is InChI=1S/C17H15N3O3S/c1-10-5-4-6-11(2)15(10)20(12(3)21)17-19-14(9-24-17)7-13(8-18)16(22)23/h4-7,9H,1-3H3,(H,22,23)/b13-7+. The molecule has 1 amide bonds. The Bertz CT molecular complexity index is 857. The maximum absolute atomic E-state index is 12.2. The first-order valence-electron chi connectivity index (χ1n) is 7.02. The summed E-state index contributed by atoms with van der Waals surface area (Å²) in [7, 11) is 0. The van der Waals surface area contributed by atoms with Gasteiger partial charge in [0.25, 0.3) is 0 Å². The lowest BCUT2D eigenvalue weighted by Crippen LogP contribution is -2.24. The van der Waals surface area contributed by atoms with Gasteiger partial charge in [-0.15, -0.1) is 11.3 Å². The number of aromatic nitrogens is 1. The number of anilines is 2. The molecule has 1 heterocycles. The number of benzene rings is 1. The molecule has 0 bridgehead atoms. The van der Waals surface area contributed by atoms with Crippen molar-refractivity contribution < 1.29 is 14.7 Å². The second-order valence-electron chi connectivity index (χ2n) is 5.12. The number of aliphatic carboxylic acids is 1. The van der Waals surface area contributed by atoms with Crippen molar-refractivity contribution in [1.29, 1.82) is 5.26 Å². The average Bonchev–Trinajstić information content (AvgIpc) is 2.96. The summed E-state index contributed by atoms with van der Waals surface area (Å²) in [5, 5.41) is 19.8. The quantitative estimate of drug-likeness (QED) is 0.679. The van der Waals surface area contributed by atoms with Gasteiger partial charge in [-0.2, -0.15) is 5.26 Å². The molecular formula is C17H15N3O3S. The highest BCUT2D eigenvalue weighted by Gasteiger charge is 2.21. The fourth-order valence-electron chi connectivity index (χ4n) is 2.28. The summed E-state index contributed by atoms with van der Waals surface area (Å²) in [5.74, 6) is -1.51. The van der Waals surface area contributed by atoms with E-state index in [1.807, 2.05) is 32.0 Å². The first-order valence-corrected chi connectivity index (χ1v) is 7.90. The van der Waals surface area contributed by atoms with Gasteiger partial charge in [-0.1, -0.05) is 18.2 Å². The molecule has 1 aromatic carbocycles. The van der Waals surface area contributed by atoms with Crippen LogP contribution in [-0.4, -0.2) is 22.0 Å². The molecule has 0 aliphatic heterocycles. The Kier molecular flexibility index (Phi) is 5.11. The van der Waals surface area contributed by atoms with E-state index >= 15 is 0 Å². The second-order valence-corrected chi connectivity index (χ2v) is 5.96. The lowest BCUT2D eigenvalue weighted by molar-refractivity contribution is -0.132. The molecule has 2 aromatic rings. The third-order valence-electron chi connectivity index (χ3n) is 3.32. The molecule has 6 nitrogen and oxygen atoms in total. The summed E-state index contributed by atoms with van der Waals surface area (Å²) in [5.41, 5.74) is 2.54. The lowest BCUT2D eigenvalue weighted by atomic mass is 10.1. The maximum Gasteiger partial charge on any atom is 0.346 e. The summed E-state index contributed by atoms with van der Waals surface area (Å²) in [4.78, 5) is 28.9. The minimum atomic E-state index is -1.31. The SMILES string of the molecule is CC(=O)N(c1nc(/C=C(\C#N)C(=O)O)cs1)c1c(C)cccc1C. The van der Waals surface area contributed by atoms with Crippen LogP contribution in [0, 0.1) is 25.2 Å². The zero-order chi connectivity index (χ0) is 17.9. The van der Waals surface area contributed by atoms with Gasteiger partial charge in [0, 0.05) is 12.3 Å². The van der Waals surface area contributed by atoms with Crippen LogP contribution in [0.1, 0.15) is 23.7 Å². The number of carbonyl (C=O) groups is 2. The lowest BCUT2D eigenvalue weighted by Gasteiger charge is -2.22. The number of hydrogen-bond donors (Lipinski definition) is 1. The van der Waals surface area contributed by atoms with Gasteiger partial charge in [-0.25, -0.2) is 9.78 Å². The number of carbonyl (C=O) groups excluding carboxylic acids is 1. The van der Waals surface area contributed by atoms with Crippen molar-refractivity contribution in [3.63, 3.8) is 0 Å². The van der Waals surface area contributed by atoms with Crippen molar-refractivity contribution in [1.82, 2.24) is 4.98 Å². The summed E-state index contributed by atoms with van der Waals surface area (Å²) >= 11 is 1.21. The normalized spacial score (nSPS) is 11.0. The van der Waals surface area contributed by atoms with E-state index in [4.69, 9.17) is 10.4 Å². The van der Waals surface area contributed by atoms with Gasteiger partial charge in [0.15, 0.2) is 5.13 Å². The molecule has 24 heavy (non-hydrogen) atoms. The van der Waals surface area contributed by atoms with Crippen molar-refractivity contribution >= 4 is 40.1 Å². The number of nitrogens with zero attached hydrogens (tertiary/aromatic N) is 3. The Morgan fingerprint density at radius 3 is 2.46 bits per heavy atom. The van der Waals surface area contributed by atoms with Crippen LogP contribution >= 0.6 is 11.3 Å². The molecule has 0 atom stereocenters. The van der Waals surface area contributed by atoms with Gasteiger partial charge in [-0.3, -0.25) is 9.69 Å². The third-order valence-corrected chi connectivity index (χ3v) is 4.17. The summed E-state index contributed by atoms with van der Waals surface area (Å²) in [6.07, 6.45) is 1.19. The predicted molar refractivity (Wildman–Crippen MR) is 92.1 cm³/mol. The molecule has 0 saturated heterocycles. The highest BCUT2D eigenvalue weighted by Crippen LogP contribution is 2.34. The number of rotatable bonds is 4. The zero-order valence-electron chi connectivity index (χ0n) is 13.4. The number of carboxylic acids is 1. The van der Waals surface area contributed by atoms with E-state index in [-0.39, 0.29) is 5.91 Å². The molecule has 122 valence electrons. The summed E-state index contributed by atoms with van der Waals surface area (Å²) in [6.45, 7) is 5.26. The number of para-hydroxylation sites is 1. The van der Waals surface area contributed by atoms with E-state index in [1.54, 1.807) is 11.4 Å². The molecule has 0 radical (unpaired) electrons. The highest BCUT2D eigenvalue weighted by atomic mass is 32.1. The van der Waals surface area contributed by atoms with Crippen molar-refractivity contribution in [3.05, 3.63) is 46.0 Å². The van der Waals surface area contributed by atoms with Crippen LogP contribution in [0.15, 0.2) is 29.2 Å². The molecule has 1 N–H and O–H groups in total. The minimum Gasteiger partial charge on any atom is -0.477 e. The van der Waals surface area contributed by atoms with Crippen LogP contribution in [0.2, 0.25) is 0 Å². The van der Waals surface area contributed by atoms with Gasteiger partial charge in [0.05, 0.1) is 11.4 Å². The zero-order valence-corrected chi connectivity index (χ0v) is 14.2. The van der Waals surface area contributed by atoms with Crippen LogP contribution in [0.25, 0.3) is 6.08 Å². The first kappa shape index (κ1) is 17.4. The molecule has 0 aliphatic carbocycles. The molecule has 0 spiro atoms. The number of thiazole rings is 1. The van der Waals surface area contributed by atoms with E-state index in [9.17, 15) is 9.59 Å². The molecule has 0 unspecified atom stereocenters. The van der Waals surface area contributed by atoms with Crippen LogP contribution < -0.4 is 4.90 Å². The molecular weight excluding hydrogens is 326 g/mol. The Morgan fingerprint density at radius 2 is 1.96 bits per heavy atom. The molecule has 0 fully saturated rings. The molecule has 2 rings (SSSR count). The van der Waals surface area contributed by atoms with E-state index in [2.05, 4.69) is 4.98 Å². The monoisotopic (exact) mass is 341 g/mol. The van der Waals surface area contributed by atoms with Crippen LogP contribution in [0.5, 0.6) is 0 Å². The Balaban J connectivity index is 2.51. The molecule has 1 aromatic heterocycles.